The molecule has 0 saturated heterocycles. The van der Waals surface area contributed by atoms with Gasteiger partial charge in [0.25, 0.3) is 0 Å². The van der Waals surface area contributed by atoms with Crippen molar-refractivity contribution in [2.24, 2.45) is 0 Å². The molecule has 0 aliphatic carbocycles. The van der Waals surface area contributed by atoms with Crippen LogP contribution in [0.25, 0.3) is 10.1 Å². The molecule has 0 bridgehead atoms. The van der Waals surface area contributed by atoms with Crippen molar-refractivity contribution in [3.05, 3.63) is 58.0 Å². The van der Waals surface area contributed by atoms with Crippen LogP contribution in [0.15, 0.2) is 36.4 Å². The van der Waals surface area contributed by atoms with E-state index in [4.69, 9.17) is 14.2 Å². The molecule has 3 rings (SSSR count). The van der Waals surface area contributed by atoms with Gasteiger partial charge in [-0.3, -0.25) is 0 Å². The van der Waals surface area contributed by atoms with E-state index in [2.05, 4.69) is 0 Å². The van der Waals surface area contributed by atoms with Crippen molar-refractivity contribution in [3.8, 4) is 11.5 Å². The number of thiophene rings is 1. The molecule has 3 aromatic rings. The Hall–Kier alpha value is -2.74. The maximum atomic E-state index is 13.0. The third-order valence-corrected chi connectivity index (χ3v) is 6.77. The normalized spacial score (nSPS) is 12.1. The molecule has 0 fully saturated rings. The van der Waals surface area contributed by atoms with E-state index >= 15 is 0 Å². The lowest BCUT2D eigenvalue weighted by Gasteiger charge is -2.25. The van der Waals surface area contributed by atoms with Crippen LogP contribution in [-0.4, -0.2) is 24.8 Å². The molecule has 0 amide bonds. The summed E-state index contributed by atoms with van der Waals surface area (Å²) in [5.74, 6) is 0.826. The van der Waals surface area contributed by atoms with Gasteiger partial charge in [0.2, 0.25) is 0 Å². The molecular formula is C26H29F3O4S. The first-order valence-electron chi connectivity index (χ1n) is 11.1. The van der Waals surface area contributed by atoms with Crippen LogP contribution in [0.5, 0.6) is 11.5 Å². The zero-order chi connectivity index (χ0) is 25.1. The Labute approximate surface area is 201 Å². The van der Waals surface area contributed by atoms with E-state index in [0.29, 0.717) is 22.8 Å². The van der Waals surface area contributed by atoms with Crippen LogP contribution in [0.3, 0.4) is 0 Å². The van der Waals surface area contributed by atoms with E-state index in [-0.39, 0.29) is 6.61 Å². The molecule has 2 aromatic carbocycles. The second-order valence-corrected chi connectivity index (χ2v) is 9.71. The second-order valence-electron chi connectivity index (χ2n) is 8.57. The first-order valence-corrected chi connectivity index (χ1v) is 11.9. The average Bonchev–Trinajstić information content (AvgIpc) is 3.07. The third kappa shape index (κ3) is 6.03. The first kappa shape index (κ1) is 25.9. The van der Waals surface area contributed by atoms with Gasteiger partial charge in [0.05, 0.1) is 18.8 Å². The largest absolute Gasteiger partial charge is 0.494 e. The molecule has 0 N–H and O–H groups in total. The van der Waals surface area contributed by atoms with E-state index in [9.17, 15) is 18.0 Å². The molecule has 1 heterocycles. The van der Waals surface area contributed by atoms with Gasteiger partial charge in [0, 0.05) is 9.58 Å². The molecule has 1 aromatic heterocycles. The number of carbonyl (C=O) groups is 1. The highest BCUT2D eigenvalue weighted by atomic mass is 32.1. The lowest BCUT2D eigenvalue weighted by molar-refractivity contribution is -0.158. The van der Waals surface area contributed by atoms with E-state index in [1.165, 1.54) is 17.4 Å². The second kappa shape index (κ2) is 10.3. The highest BCUT2D eigenvalue weighted by molar-refractivity contribution is 7.19. The molecule has 0 spiro atoms. The van der Waals surface area contributed by atoms with Crippen molar-refractivity contribution < 1.29 is 32.2 Å². The van der Waals surface area contributed by atoms with Gasteiger partial charge in [-0.15, -0.1) is 11.3 Å². The molecular weight excluding hydrogens is 465 g/mol. The van der Waals surface area contributed by atoms with Gasteiger partial charge in [0.1, 0.15) is 11.5 Å². The van der Waals surface area contributed by atoms with Gasteiger partial charge >= 0.3 is 12.1 Å². The van der Waals surface area contributed by atoms with Crippen molar-refractivity contribution in [3.63, 3.8) is 0 Å². The lowest BCUT2D eigenvalue weighted by atomic mass is 10.1. The number of esters is 1. The number of fused-ring (bicyclic) bond motifs is 1. The van der Waals surface area contributed by atoms with Gasteiger partial charge in [0.15, 0.2) is 5.60 Å². The standard InChI is InChI=1S/C26H29F3O4S/c1-6-31-24(30)25(4,5)33-21-12-10-19(14-16(21)2)32-13-7-8-22-17(3)20-11-9-18(26(27,28)29)15-23(20)34-22/h9-12,14-15H,6-8,13H2,1-5H3. The van der Waals surface area contributed by atoms with Crippen LogP contribution in [-0.2, 0) is 22.1 Å². The number of carbonyl (C=O) groups excluding carboxylic acids is 1. The Morgan fingerprint density at radius 2 is 1.79 bits per heavy atom. The van der Waals surface area contributed by atoms with E-state index in [0.717, 1.165) is 40.3 Å². The molecule has 4 nitrogen and oxygen atoms in total. The molecule has 0 radical (unpaired) electrons. The number of alkyl halides is 3. The highest BCUT2D eigenvalue weighted by Crippen LogP contribution is 2.37. The predicted octanol–water partition coefficient (Wildman–Crippen LogP) is 7.27. The smallest absolute Gasteiger partial charge is 0.416 e. The predicted molar refractivity (Wildman–Crippen MR) is 128 cm³/mol. The first-order chi connectivity index (χ1) is 15.9. The van der Waals surface area contributed by atoms with E-state index in [1.807, 2.05) is 19.9 Å². The number of rotatable bonds is 9. The van der Waals surface area contributed by atoms with Gasteiger partial charge in [-0.1, -0.05) is 6.07 Å². The Balaban J connectivity index is 1.58. The summed E-state index contributed by atoms with van der Waals surface area (Å²) in [6.07, 6.45) is -2.89. The van der Waals surface area contributed by atoms with E-state index < -0.39 is 23.3 Å². The zero-order valence-electron chi connectivity index (χ0n) is 20.0. The van der Waals surface area contributed by atoms with Crippen LogP contribution < -0.4 is 9.47 Å². The quantitative estimate of drug-likeness (QED) is 0.232. The Morgan fingerprint density at radius 1 is 1.06 bits per heavy atom. The van der Waals surface area contributed by atoms with Crippen molar-refractivity contribution in [1.82, 2.24) is 0 Å². The fourth-order valence-corrected chi connectivity index (χ4v) is 4.85. The Kier molecular flexibility index (Phi) is 7.81. The SMILES string of the molecule is CCOC(=O)C(C)(C)Oc1ccc(OCCCc2sc3cc(C(F)(F)F)ccc3c2C)cc1C. The van der Waals surface area contributed by atoms with Crippen LogP contribution in [0.4, 0.5) is 13.2 Å². The molecule has 8 heteroatoms. The van der Waals surface area contributed by atoms with Crippen molar-refractivity contribution in [2.45, 2.75) is 59.2 Å². The maximum absolute atomic E-state index is 13.0. The summed E-state index contributed by atoms with van der Waals surface area (Å²) in [6, 6.07) is 9.31. The minimum atomic E-state index is -4.34. The van der Waals surface area contributed by atoms with Gasteiger partial charge in [-0.2, -0.15) is 13.2 Å². The fraction of sp³-hybridized carbons (Fsp3) is 0.423. The summed E-state index contributed by atoms with van der Waals surface area (Å²) >= 11 is 1.41. The Bertz CT molecular complexity index is 1160. The van der Waals surface area contributed by atoms with Gasteiger partial charge < -0.3 is 14.2 Å². The summed E-state index contributed by atoms with van der Waals surface area (Å²) in [7, 11) is 0. The number of halogens is 3. The highest BCUT2D eigenvalue weighted by Gasteiger charge is 2.32. The number of hydrogen-bond acceptors (Lipinski definition) is 5. The summed E-state index contributed by atoms with van der Waals surface area (Å²) in [5, 5.41) is 0.867. The summed E-state index contributed by atoms with van der Waals surface area (Å²) in [5.41, 5.74) is 0.127. The monoisotopic (exact) mass is 494 g/mol. The molecule has 0 aliphatic rings. The third-order valence-electron chi connectivity index (χ3n) is 5.46. The number of hydrogen-bond donors (Lipinski definition) is 0. The molecule has 0 saturated carbocycles. The van der Waals surface area contributed by atoms with E-state index in [1.54, 1.807) is 39.0 Å². The van der Waals surface area contributed by atoms with Gasteiger partial charge in [-0.25, -0.2) is 4.79 Å². The van der Waals surface area contributed by atoms with Crippen molar-refractivity contribution in [2.75, 3.05) is 13.2 Å². The maximum Gasteiger partial charge on any atom is 0.416 e. The van der Waals surface area contributed by atoms with Crippen LogP contribution in [0.2, 0.25) is 0 Å². The molecule has 184 valence electrons. The van der Waals surface area contributed by atoms with Crippen LogP contribution in [0, 0.1) is 13.8 Å². The fourth-order valence-electron chi connectivity index (χ4n) is 3.56. The number of ether oxygens (including phenoxy) is 3. The summed E-state index contributed by atoms with van der Waals surface area (Å²) in [6.45, 7) is 9.64. The average molecular weight is 495 g/mol. The molecule has 0 unspecified atom stereocenters. The van der Waals surface area contributed by atoms with Crippen LogP contribution >= 0.6 is 11.3 Å². The van der Waals surface area contributed by atoms with Crippen LogP contribution in [0.1, 0.15) is 48.8 Å². The van der Waals surface area contributed by atoms with Crippen molar-refractivity contribution >= 4 is 27.4 Å². The zero-order valence-corrected chi connectivity index (χ0v) is 20.8. The summed E-state index contributed by atoms with van der Waals surface area (Å²) < 4.78 is 56.4. The topological polar surface area (TPSA) is 44.8 Å². The number of benzene rings is 2. The Morgan fingerprint density at radius 3 is 2.44 bits per heavy atom. The minimum Gasteiger partial charge on any atom is -0.494 e. The van der Waals surface area contributed by atoms with Gasteiger partial charge in [-0.05, 0) is 94.3 Å². The molecule has 0 aliphatic heterocycles. The van der Waals surface area contributed by atoms with Crippen molar-refractivity contribution in [1.29, 1.82) is 0 Å². The molecule has 0 atom stereocenters. The lowest BCUT2D eigenvalue weighted by Crippen LogP contribution is -2.39. The minimum absolute atomic E-state index is 0.285. The summed E-state index contributed by atoms with van der Waals surface area (Å²) in [4.78, 5) is 13.1. The molecule has 34 heavy (non-hydrogen) atoms. The number of aryl methyl sites for hydroxylation is 3.